The van der Waals surface area contributed by atoms with Crippen LogP contribution in [0.25, 0.3) is 0 Å². The van der Waals surface area contributed by atoms with Crippen molar-refractivity contribution in [2.24, 2.45) is 0 Å². The van der Waals surface area contributed by atoms with Crippen LogP contribution in [0, 0.1) is 10.1 Å². The highest BCUT2D eigenvalue weighted by molar-refractivity contribution is 6.30. The number of nitrogens with one attached hydrogen (secondary N) is 1. The molecule has 0 atom stereocenters. The van der Waals surface area contributed by atoms with Gasteiger partial charge in [0.25, 0.3) is 5.91 Å². The first-order chi connectivity index (χ1) is 11.8. The molecule has 0 unspecified atom stereocenters. The van der Waals surface area contributed by atoms with E-state index in [4.69, 9.17) is 21.1 Å². The summed E-state index contributed by atoms with van der Waals surface area (Å²) in [5.74, 6) is -0.331. The van der Waals surface area contributed by atoms with E-state index in [0.29, 0.717) is 19.8 Å². The van der Waals surface area contributed by atoms with Crippen molar-refractivity contribution in [1.82, 2.24) is 10.2 Å². The van der Waals surface area contributed by atoms with E-state index in [-0.39, 0.29) is 34.5 Å². The van der Waals surface area contributed by atoms with E-state index < -0.39 is 4.92 Å². The third-order valence-electron chi connectivity index (χ3n) is 4.06. The highest BCUT2D eigenvalue weighted by Crippen LogP contribution is 2.29. The average Bonchev–Trinajstić information content (AvgIpc) is 2.59. The number of benzene rings is 1. The molecule has 1 N–H and O–H groups in total. The van der Waals surface area contributed by atoms with Crippen LogP contribution in [0.5, 0.6) is 5.75 Å². The van der Waals surface area contributed by atoms with E-state index >= 15 is 0 Å². The van der Waals surface area contributed by atoms with E-state index in [0.717, 1.165) is 13.1 Å². The Bertz CT molecular complexity index is 632. The molecule has 1 aromatic carbocycles. The number of halogens is 1. The molecule has 2 rings (SSSR count). The maximum atomic E-state index is 12.0. The molecule has 1 fully saturated rings. The van der Waals surface area contributed by atoms with Crippen LogP contribution >= 0.6 is 11.6 Å². The molecule has 0 aliphatic carbocycles. The summed E-state index contributed by atoms with van der Waals surface area (Å²) in [6.45, 7) is 7.22. The van der Waals surface area contributed by atoms with Crippen LogP contribution in [-0.4, -0.2) is 60.7 Å². The molecule has 9 heteroatoms. The second kappa shape index (κ2) is 8.46. The summed E-state index contributed by atoms with van der Waals surface area (Å²) in [7, 11) is 0. The number of morpholine rings is 1. The fourth-order valence-corrected chi connectivity index (χ4v) is 2.71. The van der Waals surface area contributed by atoms with Gasteiger partial charge in [0, 0.05) is 36.3 Å². The van der Waals surface area contributed by atoms with Crippen LogP contribution in [0.15, 0.2) is 18.2 Å². The summed E-state index contributed by atoms with van der Waals surface area (Å²) in [6, 6.07) is 4.05. The summed E-state index contributed by atoms with van der Waals surface area (Å²) >= 11 is 5.74. The fourth-order valence-electron chi connectivity index (χ4n) is 2.54. The Balaban J connectivity index is 1.85. The Morgan fingerprint density at radius 3 is 2.76 bits per heavy atom. The van der Waals surface area contributed by atoms with Gasteiger partial charge in [-0.3, -0.25) is 19.8 Å². The van der Waals surface area contributed by atoms with Crippen LogP contribution in [0.2, 0.25) is 5.02 Å². The first-order valence-corrected chi connectivity index (χ1v) is 8.33. The number of hydrogen-bond acceptors (Lipinski definition) is 6. The van der Waals surface area contributed by atoms with Crippen molar-refractivity contribution in [3.8, 4) is 5.75 Å². The van der Waals surface area contributed by atoms with Crippen molar-refractivity contribution in [3.63, 3.8) is 0 Å². The SMILES string of the molecule is CC(C)(CNC(=O)COc1ccc(Cl)cc1[N+](=O)[O-])N1CCOCC1. The first-order valence-electron chi connectivity index (χ1n) is 7.96. The van der Waals surface area contributed by atoms with E-state index in [2.05, 4.69) is 10.2 Å². The van der Waals surface area contributed by atoms with Crippen molar-refractivity contribution in [2.75, 3.05) is 39.5 Å². The normalized spacial score (nSPS) is 15.6. The van der Waals surface area contributed by atoms with Gasteiger partial charge in [-0.15, -0.1) is 0 Å². The Morgan fingerprint density at radius 2 is 2.12 bits per heavy atom. The number of carbonyl (C=O) groups is 1. The number of nitro benzene ring substituents is 1. The minimum atomic E-state index is -0.597. The molecule has 1 aromatic rings. The van der Waals surface area contributed by atoms with Gasteiger partial charge in [-0.1, -0.05) is 11.6 Å². The summed E-state index contributed by atoms with van der Waals surface area (Å²) in [6.07, 6.45) is 0. The second-order valence-corrected chi connectivity index (χ2v) is 6.78. The predicted molar refractivity (Wildman–Crippen MR) is 93.1 cm³/mol. The standard InChI is InChI=1S/C16H22ClN3O5/c1-16(2,19-5-7-24-8-6-19)11-18-15(21)10-25-14-4-3-12(17)9-13(14)20(22)23/h3-4,9H,5-8,10-11H2,1-2H3,(H,18,21). The maximum Gasteiger partial charge on any atom is 0.312 e. The monoisotopic (exact) mass is 371 g/mol. The van der Waals surface area contributed by atoms with Crippen LogP contribution in [-0.2, 0) is 9.53 Å². The highest BCUT2D eigenvalue weighted by atomic mass is 35.5. The largest absolute Gasteiger partial charge is 0.477 e. The Kier molecular flexibility index (Phi) is 6.57. The number of amides is 1. The minimum absolute atomic E-state index is 0.0111. The van der Waals surface area contributed by atoms with Crippen molar-refractivity contribution >= 4 is 23.2 Å². The molecule has 25 heavy (non-hydrogen) atoms. The van der Waals surface area contributed by atoms with Gasteiger partial charge in [-0.25, -0.2) is 0 Å². The molecule has 0 radical (unpaired) electrons. The van der Waals surface area contributed by atoms with Crippen LogP contribution in [0.1, 0.15) is 13.8 Å². The maximum absolute atomic E-state index is 12.0. The molecule has 1 heterocycles. The minimum Gasteiger partial charge on any atom is -0.477 e. The van der Waals surface area contributed by atoms with Gasteiger partial charge in [0.2, 0.25) is 0 Å². The molecule has 138 valence electrons. The third kappa shape index (κ3) is 5.55. The van der Waals surface area contributed by atoms with Crippen molar-refractivity contribution in [2.45, 2.75) is 19.4 Å². The summed E-state index contributed by atoms with van der Waals surface area (Å²) in [4.78, 5) is 24.7. The van der Waals surface area contributed by atoms with E-state index in [9.17, 15) is 14.9 Å². The molecular weight excluding hydrogens is 350 g/mol. The zero-order chi connectivity index (χ0) is 18.4. The lowest BCUT2D eigenvalue weighted by atomic mass is 10.0. The third-order valence-corrected chi connectivity index (χ3v) is 4.30. The van der Waals surface area contributed by atoms with Gasteiger partial charge in [-0.05, 0) is 26.0 Å². The van der Waals surface area contributed by atoms with Gasteiger partial charge in [0.15, 0.2) is 12.4 Å². The second-order valence-electron chi connectivity index (χ2n) is 6.35. The average molecular weight is 372 g/mol. The molecule has 1 aliphatic rings. The molecule has 0 saturated carbocycles. The number of nitrogens with zero attached hydrogens (tertiary/aromatic N) is 2. The van der Waals surface area contributed by atoms with Gasteiger partial charge in [-0.2, -0.15) is 0 Å². The number of ether oxygens (including phenoxy) is 2. The van der Waals surface area contributed by atoms with E-state index in [1.54, 1.807) is 0 Å². The van der Waals surface area contributed by atoms with Gasteiger partial charge in [0.05, 0.1) is 18.1 Å². The summed E-state index contributed by atoms with van der Waals surface area (Å²) in [5.41, 5.74) is -0.486. The van der Waals surface area contributed by atoms with E-state index in [1.165, 1.54) is 18.2 Å². The molecular formula is C16H22ClN3O5. The molecule has 1 saturated heterocycles. The Labute approximate surface area is 151 Å². The van der Waals surface area contributed by atoms with Crippen LogP contribution < -0.4 is 10.1 Å². The number of carbonyl (C=O) groups excluding carboxylic acids is 1. The molecule has 0 spiro atoms. The zero-order valence-electron chi connectivity index (χ0n) is 14.3. The predicted octanol–water partition coefficient (Wildman–Crippen LogP) is 1.85. The van der Waals surface area contributed by atoms with Gasteiger partial charge >= 0.3 is 5.69 Å². The van der Waals surface area contributed by atoms with Crippen molar-refractivity contribution in [1.29, 1.82) is 0 Å². The van der Waals surface area contributed by atoms with Crippen molar-refractivity contribution in [3.05, 3.63) is 33.3 Å². The first kappa shape index (κ1) is 19.4. The molecule has 0 bridgehead atoms. The van der Waals surface area contributed by atoms with Gasteiger partial charge in [0.1, 0.15) is 0 Å². The zero-order valence-corrected chi connectivity index (χ0v) is 15.0. The quantitative estimate of drug-likeness (QED) is 0.580. The topological polar surface area (TPSA) is 93.9 Å². The summed E-state index contributed by atoms with van der Waals surface area (Å²) in [5, 5.41) is 14.0. The van der Waals surface area contributed by atoms with Crippen LogP contribution in [0.4, 0.5) is 5.69 Å². The smallest absolute Gasteiger partial charge is 0.312 e. The number of rotatable bonds is 7. The Morgan fingerprint density at radius 1 is 1.44 bits per heavy atom. The molecule has 0 aromatic heterocycles. The van der Waals surface area contributed by atoms with Crippen LogP contribution in [0.3, 0.4) is 0 Å². The lowest BCUT2D eigenvalue weighted by Crippen LogP contribution is -2.55. The summed E-state index contributed by atoms with van der Waals surface area (Å²) < 4.78 is 10.6. The number of nitro groups is 1. The fraction of sp³-hybridized carbons (Fsp3) is 0.562. The lowest BCUT2D eigenvalue weighted by Gasteiger charge is -2.40. The molecule has 1 aliphatic heterocycles. The molecule has 1 amide bonds. The van der Waals surface area contributed by atoms with Gasteiger partial charge < -0.3 is 14.8 Å². The Hall–Kier alpha value is -1.90. The van der Waals surface area contributed by atoms with Crippen molar-refractivity contribution < 1.29 is 19.2 Å². The lowest BCUT2D eigenvalue weighted by molar-refractivity contribution is -0.385. The highest BCUT2D eigenvalue weighted by Gasteiger charge is 2.28. The molecule has 8 nitrogen and oxygen atoms in total. The van der Waals surface area contributed by atoms with E-state index in [1.807, 2.05) is 13.8 Å². The number of hydrogen-bond donors (Lipinski definition) is 1.